The highest BCUT2D eigenvalue weighted by molar-refractivity contribution is 5.64. The molecule has 4 nitrogen and oxygen atoms in total. The number of hydrogen-bond acceptors (Lipinski definition) is 3. The minimum absolute atomic E-state index is 0.779. The molecule has 1 aromatic heterocycles. The normalized spacial score (nSPS) is 25.1. The largest absolute Gasteiger partial charge is 0.394 e. The Morgan fingerprint density at radius 1 is 1.64 bits per heavy atom. The van der Waals surface area contributed by atoms with Crippen LogP contribution in [0.1, 0.15) is 19.0 Å². The molecule has 1 aliphatic carbocycles. The van der Waals surface area contributed by atoms with Crippen molar-refractivity contribution in [1.82, 2.24) is 9.78 Å². The van der Waals surface area contributed by atoms with Crippen molar-refractivity contribution in [3.05, 3.63) is 5.69 Å². The molecule has 4 heteroatoms. The Bertz CT molecular complexity index is 342. The Morgan fingerprint density at radius 3 is 2.71 bits per heavy atom. The number of nitrogen functional groups attached to an aromatic ring is 1. The van der Waals surface area contributed by atoms with Gasteiger partial charge in [0.25, 0.3) is 0 Å². The van der Waals surface area contributed by atoms with Gasteiger partial charge in [-0.2, -0.15) is 5.10 Å². The molecule has 1 aliphatic rings. The first-order valence-corrected chi connectivity index (χ1v) is 5.12. The zero-order valence-corrected chi connectivity index (χ0v) is 9.04. The van der Waals surface area contributed by atoms with Crippen molar-refractivity contribution < 1.29 is 0 Å². The molecule has 0 saturated heterocycles. The highest BCUT2D eigenvalue weighted by atomic mass is 15.3. The Kier molecular flexibility index (Phi) is 2.13. The van der Waals surface area contributed by atoms with Gasteiger partial charge in [0, 0.05) is 13.6 Å². The predicted octanol–water partition coefficient (Wildman–Crippen LogP) is 1.38. The van der Waals surface area contributed by atoms with E-state index in [9.17, 15) is 0 Å². The average Bonchev–Trinajstić information content (AvgIpc) is 2.75. The first-order chi connectivity index (χ1) is 6.59. The number of aryl methyl sites for hydroxylation is 2. The standard InChI is InChI=1S/C10H18N4/c1-6-4-8(6)5-12-10-9(11)7(2)13-14(10)3/h6,8,12H,4-5,11H2,1-3H3. The van der Waals surface area contributed by atoms with Gasteiger partial charge in [0.2, 0.25) is 0 Å². The lowest BCUT2D eigenvalue weighted by Crippen LogP contribution is -2.09. The minimum Gasteiger partial charge on any atom is -0.394 e. The Labute approximate surface area is 84.5 Å². The Morgan fingerprint density at radius 2 is 2.29 bits per heavy atom. The van der Waals surface area contributed by atoms with Crippen LogP contribution in [0.25, 0.3) is 0 Å². The lowest BCUT2D eigenvalue weighted by Gasteiger charge is -2.06. The first-order valence-electron chi connectivity index (χ1n) is 5.12. The fraction of sp³-hybridized carbons (Fsp3) is 0.700. The number of nitrogens with one attached hydrogen (secondary N) is 1. The smallest absolute Gasteiger partial charge is 0.147 e. The summed E-state index contributed by atoms with van der Waals surface area (Å²) < 4.78 is 1.82. The maximum atomic E-state index is 5.90. The number of aromatic nitrogens is 2. The lowest BCUT2D eigenvalue weighted by atomic mass is 10.3. The summed E-state index contributed by atoms with van der Waals surface area (Å²) in [6.07, 6.45) is 1.34. The van der Waals surface area contributed by atoms with Gasteiger partial charge in [-0.05, 0) is 25.2 Å². The molecule has 2 atom stereocenters. The molecule has 0 aromatic carbocycles. The lowest BCUT2D eigenvalue weighted by molar-refractivity contribution is 0.737. The quantitative estimate of drug-likeness (QED) is 0.764. The molecule has 2 unspecified atom stereocenters. The van der Waals surface area contributed by atoms with Crippen LogP contribution in [0.5, 0.6) is 0 Å². The summed E-state index contributed by atoms with van der Waals surface area (Å²) in [7, 11) is 1.92. The third-order valence-corrected chi connectivity index (χ3v) is 3.08. The molecule has 1 fully saturated rings. The number of nitrogens with zero attached hydrogens (tertiary/aromatic N) is 2. The van der Waals surface area contributed by atoms with Gasteiger partial charge in [-0.1, -0.05) is 6.92 Å². The molecule has 3 N–H and O–H groups in total. The van der Waals surface area contributed by atoms with Crippen LogP contribution in [-0.2, 0) is 7.05 Å². The van der Waals surface area contributed by atoms with Crippen LogP contribution in [0.4, 0.5) is 11.5 Å². The average molecular weight is 194 g/mol. The van der Waals surface area contributed by atoms with E-state index in [1.807, 2.05) is 18.7 Å². The summed E-state index contributed by atoms with van der Waals surface area (Å²) in [6.45, 7) is 5.23. The van der Waals surface area contributed by atoms with Gasteiger partial charge in [-0.3, -0.25) is 4.68 Å². The molecule has 14 heavy (non-hydrogen) atoms. The first kappa shape index (κ1) is 9.37. The fourth-order valence-corrected chi connectivity index (χ4v) is 1.80. The van der Waals surface area contributed by atoms with Crippen LogP contribution in [0.3, 0.4) is 0 Å². The monoisotopic (exact) mass is 194 g/mol. The van der Waals surface area contributed by atoms with Crippen molar-refractivity contribution in [3.8, 4) is 0 Å². The highest BCUT2D eigenvalue weighted by Crippen LogP contribution is 2.37. The molecule has 0 bridgehead atoms. The molecular weight excluding hydrogens is 176 g/mol. The molecule has 1 saturated carbocycles. The van der Waals surface area contributed by atoms with E-state index in [0.29, 0.717) is 0 Å². The van der Waals surface area contributed by atoms with Crippen molar-refractivity contribution in [1.29, 1.82) is 0 Å². The van der Waals surface area contributed by atoms with Crippen molar-refractivity contribution in [2.45, 2.75) is 20.3 Å². The Balaban J connectivity index is 2.01. The van der Waals surface area contributed by atoms with Crippen LogP contribution in [0, 0.1) is 18.8 Å². The van der Waals surface area contributed by atoms with E-state index in [1.54, 1.807) is 0 Å². The van der Waals surface area contributed by atoms with Crippen LogP contribution in [-0.4, -0.2) is 16.3 Å². The van der Waals surface area contributed by atoms with E-state index in [-0.39, 0.29) is 0 Å². The SMILES string of the molecule is Cc1nn(C)c(NCC2CC2C)c1N. The van der Waals surface area contributed by atoms with Crippen LogP contribution >= 0.6 is 0 Å². The number of anilines is 2. The fourth-order valence-electron chi connectivity index (χ4n) is 1.80. The zero-order chi connectivity index (χ0) is 10.3. The number of hydrogen-bond donors (Lipinski definition) is 2. The van der Waals surface area contributed by atoms with Gasteiger partial charge in [0.15, 0.2) is 0 Å². The zero-order valence-electron chi connectivity index (χ0n) is 9.04. The maximum absolute atomic E-state index is 5.90. The van der Waals surface area contributed by atoms with Crippen LogP contribution in [0.15, 0.2) is 0 Å². The maximum Gasteiger partial charge on any atom is 0.147 e. The molecule has 78 valence electrons. The second-order valence-electron chi connectivity index (χ2n) is 4.33. The summed E-state index contributed by atoms with van der Waals surface area (Å²) in [4.78, 5) is 0. The van der Waals surface area contributed by atoms with Crippen molar-refractivity contribution in [3.63, 3.8) is 0 Å². The summed E-state index contributed by atoms with van der Waals surface area (Å²) >= 11 is 0. The third-order valence-electron chi connectivity index (χ3n) is 3.08. The van der Waals surface area contributed by atoms with Gasteiger partial charge in [-0.15, -0.1) is 0 Å². The molecule has 0 aliphatic heterocycles. The second kappa shape index (κ2) is 3.19. The third kappa shape index (κ3) is 1.56. The summed E-state index contributed by atoms with van der Waals surface area (Å²) in [6, 6.07) is 0. The van der Waals surface area contributed by atoms with E-state index in [1.165, 1.54) is 6.42 Å². The van der Waals surface area contributed by atoms with E-state index in [0.717, 1.165) is 35.6 Å². The molecule has 0 spiro atoms. The van der Waals surface area contributed by atoms with Gasteiger partial charge < -0.3 is 11.1 Å². The van der Waals surface area contributed by atoms with E-state index in [2.05, 4.69) is 17.3 Å². The van der Waals surface area contributed by atoms with E-state index < -0.39 is 0 Å². The van der Waals surface area contributed by atoms with Crippen LogP contribution in [0.2, 0.25) is 0 Å². The molecular formula is C10H18N4. The molecule has 1 heterocycles. The van der Waals surface area contributed by atoms with Gasteiger partial charge in [0.05, 0.1) is 11.4 Å². The van der Waals surface area contributed by atoms with Crippen LogP contribution < -0.4 is 11.1 Å². The van der Waals surface area contributed by atoms with Gasteiger partial charge in [-0.25, -0.2) is 0 Å². The van der Waals surface area contributed by atoms with Crippen molar-refractivity contribution in [2.75, 3.05) is 17.6 Å². The van der Waals surface area contributed by atoms with Crippen molar-refractivity contribution >= 4 is 11.5 Å². The molecule has 1 aromatic rings. The minimum atomic E-state index is 0.779. The Hall–Kier alpha value is -1.19. The number of rotatable bonds is 3. The summed E-state index contributed by atoms with van der Waals surface area (Å²) in [5.74, 6) is 2.66. The highest BCUT2D eigenvalue weighted by Gasteiger charge is 2.32. The molecule has 0 radical (unpaired) electrons. The van der Waals surface area contributed by atoms with Crippen molar-refractivity contribution in [2.24, 2.45) is 18.9 Å². The van der Waals surface area contributed by atoms with E-state index >= 15 is 0 Å². The van der Waals surface area contributed by atoms with Gasteiger partial charge >= 0.3 is 0 Å². The van der Waals surface area contributed by atoms with Gasteiger partial charge in [0.1, 0.15) is 5.82 Å². The van der Waals surface area contributed by atoms with E-state index in [4.69, 9.17) is 5.73 Å². The number of nitrogens with two attached hydrogens (primary N) is 1. The second-order valence-corrected chi connectivity index (χ2v) is 4.33. The summed E-state index contributed by atoms with van der Waals surface area (Å²) in [5, 5.41) is 7.63. The topological polar surface area (TPSA) is 55.9 Å². The predicted molar refractivity (Wildman–Crippen MR) is 58.1 cm³/mol. The summed E-state index contributed by atoms with van der Waals surface area (Å²) in [5.41, 5.74) is 7.58. The molecule has 2 rings (SSSR count). The molecule has 0 amide bonds.